The van der Waals surface area contributed by atoms with E-state index in [4.69, 9.17) is 14.2 Å². The summed E-state index contributed by atoms with van der Waals surface area (Å²) < 4.78 is 34.6. The van der Waals surface area contributed by atoms with E-state index < -0.39 is 5.82 Å². The number of imidazole rings is 1. The average Bonchev–Trinajstić information content (AvgIpc) is 3.24. The van der Waals surface area contributed by atoms with Gasteiger partial charge in [-0.15, -0.1) is 0 Å². The quantitative estimate of drug-likeness (QED) is 0.327. The summed E-state index contributed by atoms with van der Waals surface area (Å²) in [5, 5.41) is 0.642. The van der Waals surface area contributed by atoms with Crippen molar-refractivity contribution in [3.8, 4) is 28.7 Å². The van der Waals surface area contributed by atoms with Crippen LogP contribution >= 0.6 is 0 Å². The van der Waals surface area contributed by atoms with E-state index in [-0.39, 0.29) is 11.4 Å². The maximum Gasteiger partial charge on any atom is 0.333 e. The molecule has 0 radical (unpaired) electrons. The van der Waals surface area contributed by atoms with Gasteiger partial charge in [-0.2, -0.15) is 0 Å². The Bertz CT molecular complexity index is 1560. The molecule has 0 aliphatic rings. The Kier molecular flexibility index (Phi) is 5.93. The van der Waals surface area contributed by atoms with E-state index in [1.54, 1.807) is 54.5 Å². The molecular weight excluding hydrogens is 449 g/mol. The van der Waals surface area contributed by atoms with Gasteiger partial charge in [-0.25, -0.2) is 9.18 Å². The number of pyridine rings is 1. The number of aromatic nitrogens is 3. The van der Waals surface area contributed by atoms with Crippen molar-refractivity contribution in [3.05, 3.63) is 107 Å². The fraction of sp³-hybridized carbons (Fsp3) is 0.111. The summed E-state index contributed by atoms with van der Waals surface area (Å²) in [4.78, 5) is 17.2. The molecule has 2 heterocycles. The van der Waals surface area contributed by atoms with Gasteiger partial charge in [-0.05, 0) is 29.8 Å². The minimum absolute atomic E-state index is 0.0211. The molecule has 176 valence electrons. The normalized spacial score (nSPS) is 10.9. The monoisotopic (exact) mass is 471 g/mol. The molecule has 35 heavy (non-hydrogen) atoms. The first-order valence-corrected chi connectivity index (χ1v) is 10.9. The minimum atomic E-state index is -0.601. The molecule has 0 saturated heterocycles. The highest BCUT2D eigenvalue weighted by atomic mass is 19.1. The fourth-order valence-corrected chi connectivity index (χ4v) is 3.89. The van der Waals surface area contributed by atoms with Crippen LogP contribution in [0.25, 0.3) is 16.6 Å². The number of methoxy groups -OCH3 is 2. The predicted molar refractivity (Wildman–Crippen MR) is 130 cm³/mol. The van der Waals surface area contributed by atoms with Crippen LogP contribution in [-0.4, -0.2) is 28.3 Å². The second-order valence-corrected chi connectivity index (χ2v) is 7.81. The van der Waals surface area contributed by atoms with Crippen molar-refractivity contribution in [1.82, 2.24) is 14.1 Å². The molecule has 8 heteroatoms. The molecule has 0 bridgehead atoms. The summed E-state index contributed by atoms with van der Waals surface area (Å²) >= 11 is 0. The molecule has 0 atom stereocenters. The standard InChI is InChI=1S/C27H22FN3O4/c1-33-25-15-20-22(16-26(25)34-2)29-11-10-23(20)35-24-9-8-19(14-21(24)28)31-13-12-30(27(31)32)17-18-6-4-3-5-7-18/h3-16H,17H2,1-2H3. The van der Waals surface area contributed by atoms with Crippen molar-refractivity contribution in [3.63, 3.8) is 0 Å². The Morgan fingerprint density at radius 3 is 2.37 bits per heavy atom. The van der Waals surface area contributed by atoms with Crippen LogP contribution in [0, 0.1) is 5.82 Å². The lowest BCUT2D eigenvalue weighted by Crippen LogP contribution is -2.23. The highest BCUT2D eigenvalue weighted by Gasteiger charge is 2.14. The van der Waals surface area contributed by atoms with Gasteiger partial charge in [0.05, 0.1) is 32.0 Å². The lowest BCUT2D eigenvalue weighted by atomic mass is 10.2. The lowest BCUT2D eigenvalue weighted by molar-refractivity contribution is 0.355. The summed E-state index contributed by atoms with van der Waals surface area (Å²) in [6, 6.07) is 19.2. The highest BCUT2D eigenvalue weighted by molar-refractivity contribution is 5.88. The SMILES string of the molecule is COc1cc2nccc(Oc3ccc(-n4ccn(Cc5ccccc5)c4=O)cc3F)c2cc1OC. The summed E-state index contributed by atoms with van der Waals surface area (Å²) in [5.41, 5.74) is 1.75. The van der Waals surface area contributed by atoms with Crippen LogP contribution in [0.1, 0.15) is 5.56 Å². The van der Waals surface area contributed by atoms with E-state index in [0.29, 0.717) is 40.4 Å². The molecule has 0 spiro atoms. The van der Waals surface area contributed by atoms with Crippen LogP contribution in [0.4, 0.5) is 4.39 Å². The van der Waals surface area contributed by atoms with Crippen molar-refractivity contribution < 1.29 is 18.6 Å². The molecule has 2 aromatic heterocycles. The van der Waals surface area contributed by atoms with Gasteiger partial charge >= 0.3 is 5.69 Å². The summed E-state index contributed by atoms with van der Waals surface area (Å²) in [5.74, 6) is 0.870. The zero-order valence-corrected chi connectivity index (χ0v) is 19.1. The van der Waals surface area contributed by atoms with Gasteiger partial charge in [0.15, 0.2) is 23.1 Å². The Labute approximate surface area is 200 Å². The van der Waals surface area contributed by atoms with E-state index in [1.165, 1.54) is 23.8 Å². The molecule has 0 saturated carbocycles. The summed E-state index contributed by atoms with van der Waals surface area (Å²) in [7, 11) is 3.08. The number of hydrogen-bond donors (Lipinski definition) is 0. The van der Waals surface area contributed by atoms with Crippen molar-refractivity contribution in [1.29, 1.82) is 0 Å². The number of nitrogens with zero attached hydrogens (tertiary/aromatic N) is 3. The molecule has 5 aromatic rings. The molecule has 0 fully saturated rings. The topological polar surface area (TPSA) is 67.5 Å². The maximum atomic E-state index is 15.1. The van der Waals surface area contributed by atoms with Crippen molar-refractivity contribution in [2.75, 3.05) is 14.2 Å². The van der Waals surface area contributed by atoms with Gasteiger partial charge in [-0.1, -0.05) is 30.3 Å². The summed E-state index contributed by atoms with van der Waals surface area (Å²) in [6.07, 6.45) is 4.88. The molecule has 5 rings (SSSR count). The van der Waals surface area contributed by atoms with E-state index >= 15 is 4.39 Å². The third kappa shape index (κ3) is 4.33. The smallest absolute Gasteiger partial charge is 0.333 e. The van der Waals surface area contributed by atoms with Gasteiger partial charge in [0.25, 0.3) is 0 Å². The van der Waals surface area contributed by atoms with Gasteiger partial charge < -0.3 is 14.2 Å². The van der Waals surface area contributed by atoms with Gasteiger partial charge in [-0.3, -0.25) is 14.1 Å². The second-order valence-electron chi connectivity index (χ2n) is 7.81. The van der Waals surface area contributed by atoms with Crippen LogP contribution in [0.15, 0.2) is 90.1 Å². The Balaban J connectivity index is 1.44. The molecule has 0 N–H and O–H groups in total. The molecule has 0 unspecified atom stereocenters. The molecule has 0 aliphatic carbocycles. The van der Waals surface area contributed by atoms with Gasteiger partial charge in [0.1, 0.15) is 5.75 Å². The number of ether oxygens (including phenoxy) is 3. The number of benzene rings is 3. The third-order valence-corrected chi connectivity index (χ3v) is 5.66. The van der Waals surface area contributed by atoms with Crippen LogP contribution in [0.3, 0.4) is 0 Å². The average molecular weight is 471 g/mol. The van der Waals surface area contributed by atoms with Crippen LogP contribution in [0.2, 0.25) is 0 Å². The van der Waals surface area contributed by atoms with Crippen molar-refractivity contribution in [2.24, 2.45) is 0 Å². The van der Waals surface area contributed by atoms with Crippen LogP contribution in [0.5, 0.6) is 23.0 Å². The predicted octanol–water partition coefficient (Wildman–Crippen LogP) is 5.18. The van der Waals surface area contributed by atoms with E-state index in [2.05, 4.69) is 4.98 Å². The fourth-order valence-electron chi connectivity index (χ4n) is 3.89. The molecule has 0 aliphatic heterocycles. The van der Waals surface area contributed by atoms with Gasteiger partial charge in [0, 0.05) is 36.1 Å². The summed E-state index contributed by atoms with van der Waals surface area (Å²) in [6.45, 7) is 0.430. The molecule has 7 nitrogen and oxygen atoms in total. The Hall–Kier alpha value is -4.59. The second kappa shape index (κ2) is 9.34. The van der Waals surface area contributed by atoms with Crippen LogP contribution < -0.4 is 19.9 Å². The number of halogens is 1. The first-order chi connectivity index (χ1) is 17.1. The zero-order chi connectivity index (χ0) is 24.4. The van der Waals surface area contributed by atoms with Crippen molar-refractivity contribution >= 4 is 10.9 Å². The van der Waals surface area contributed by atoms with E-state index in [0.717, 1.165) is 5.56 Å². The number of hydrogen-bond acceptors (Lipinski definition) is 5. The first kappa shape index (κ1) is 22.2. The molecule has 0 amide bonds. The molecule has 3 aromatic carbocycles. The highest BCUT2D eigenvalue weighted by Crippen LogP contribution is 2.37. The Morgan fingerprint density at radius 2 is 1.63 bits per heavy atom. The first-order valence-electron chi connectivity index (χ1n) is 10.9. The minimum Gasteiger partial charge on any atom is -0.493 e. The lowest BCUT2D eigenvalue weighted by Gasteiger charge is -2.13. The van der Waals surface area contributed by atoms with Gasteiger partial charge in [0.2, 0.25) is 0 Å². The molecular formula is C27H22FN3O4. The zero-order valence-electron chi connectivity index (χ0n) is 19.1. The van der Waals surface area contributed by atoms with E-state index in [1.807, 2.05) is 30.3 Å². The van der Waals surface area contributed by atoms with Crippen molar-refractivity contribution in [2.45, 2.75) is 6.54 Å². The largest absolute Gasteiger partial charge is 0.493 e. The Morgan fingerprint density at radius 1 is 0.857 bits per heavy atom. The van der Waals surface area contributed by atoms with Crippen LogP contribution in [-0.2, 0) is 6.54 Å². The third-order valence-electron chi connectivity index (χ3n) is 5.66. The number of fused-ring (bicyclic) bond motifs is 1. The number of rotatable bonds is 7. The maximum absolute atomic E-state index is 15.1. The van der Waals surface area contributed by atoms with E-state index in [9.17, 15) is 4.79 Å².